The van der Waals surface area contributed by atoms with Crippen molar-refractivity contribution < 1.29 is 13.9 Å². The number of likely N-dealkylation sites (N-methyl/N-ethyl adjacent to an activating group) is 1. The Morgan fingerprint density at radius 2 is 2.16 bits per heavy atom. The van der Waals surface area contributed by atoms with Crippen molar-refractivity contribution in [2.75, 3.05) is 33.4 Å². The van der Waals surface area contributed by atoms with Crippen LogP contribution in [0.5, 0.6) is 0 Å². The molecule has 2 aromatic rings. The number of Topliss-reactive ketones (excluding diaryl/α,β-unsaturated/α-hetero) is 1. The lowest BCUT2D eigenvalue weighted by molar-refractivity contribution is 0.0874. The largest absolute Gasteiger partial charge is 0.453 e. The fourth-order valence-corrected chi connectivity index (χ4v) is 1.89. The molecule has 0 saturated heterocycles. The second-order valence-corrected chi connectivity index (χ2v) is 4.51. The normalized spacial score (nSPS) is 11.3. The average Bonchev–Trinajstić information content (AvgIpc) is 2.83. The highest BCUT2D eigenvalue weighted by atomic mass is 16.5. The maximum atomic E-state index is 12.1. The zero-order chi connectivity index (χ0) is 13.7. The lowest BCUT2D eigenvalue weighted by Crippen LogP contribution is -2.29. The molecule has 0 aliphatic rings. The fourth-order valence-electron chi connectivity index (χ4n) is 1.89. The van der Waals surface area contributed by atoms with E-state index in [1.165, 1.54) is 0 Å². The number of furan rings is 1. The number of fused-ring (bicyclic) bond motifs is 1. The molecule has 0 atom stereocenters. The first-order valence-electron chi connectivity index (χ1n) is 6.48. The molecule has 0 radical (unpaired) electrons. The minimum absolute atomic E-state index is 0.00445. The molecule has 0 amide bonds. The van der Waals surface area contributed by atoms with Gasteiger partial charge in [-0.1, -0.05) is 18.2 Å². The summed E-state index contributed by atoms with van der Waals surface area (Å²) < 4.78 is 10.8. The summed E-state index contributed by atoms with van der Waals surface area (Å²) in [6, 6.07) is 9.43. The van der Waals surface area contributed by atoms with Crippen LogP contribution in [-0.2, 0) is 4.74 Å². The minimum atomic E-state index is -0.00445. The summed E-state index contributed by atoms with van der Waals surface area (Å²) in [6.07, 6.45) is 0. The molecule has 102 valence electrons. The van der Waals surface area contributed by atoms with Gasteiger partial charge in [-0.05, 0) is 26.1 Å². The number of rotatable bonds is 7. The Morgan fingerprint density at radius 3 is 2.89 bits per heavy atom. The van der Waals surface area contributed by atoms with Crippen molar-refractivity contribution >= 4 is 16.8 Å². The van der Waals surface area contributed by atoms with E-state index in [1.54, 1.807) is 6.07 Å². The van der Waals surface area contributed by atoms with Crippen molar-refractivity contribution in [3.8, 4) is 0 Å². The van der Waals surface area contributed by atoms with Crippen molar-refractivity contribution in [3.05, 3.63) is 36.1 Å². The summed E-state index contributed by atoms with van der Waals surface area (Å²) in [5.74, 6) is 0.416. The molecule has 2 rings (SSSR count). The number of nitrogens with zero attached hydrogens (tertiary/aromatic N) is 1. The van der Waals surface area contributed by atoms with E-state index < -0.39 is 0 Å². The van der Waals surface area contributed by atoms with E-state index in [0.29, 0.717) is 25.5 Å². The van der Waals surface area contributed by atoms with Gasteiger partial charge >= 0.3 is 0 Å². The highest BCUT2D eigenvalue weighted by molar-refractivity contribution is 5.98. The van der Waals surface area contributed by atoms with Gasteiger partial charge in [0.25, 0.3) is 0 Å². The summed E-state index contributed by atoms with van der Waals surface area (Å²) in [5, 5.41) is 0.961. The summed E-state index contributed by atoms with van der Waals surface area (Å²) >= 11 is 0. The molecule has 4 nitrogen and oxygen atoms in total. The first-order chi connectivity index (χ1) is 9.20. The van der Waals surface area contributed by atoms with Gasteiger partial charge in [0.1, 0.15) is 5.58 Å². The van der Waals surface area contributed by atoms with Gasteiger partial charge in [0.2, 0.25) is 5.78 Å². The van der Waals surface area contributed by atoms with Gasteiger partial charge in [0.15, 0.2) is 5.76 Å². The Labute approximate surface area is 112 Å². The standard InChI is InChI=1S/C15H19NO3/c1-3-18-9-8-16(2)11-13(17)15-10-12-6-4-5-7-14(12)19-15/h4-7,10H,3,8-9,11H2,1-2H3. The van der Waals surface area contributed by atoms with E-state index in [0.717, 1.165) is 17.5 Å². The van der Waals surface area contributed by atoms with Gasteiger partial charge in [-0.15, -0.1) is 0 Å². The average molecular weight is 261 g/mol. The number of hydrogen-bond acceptors (Lipinski definition) is 4. The van der Waals surface area contributed by atoms with E-state index in [9.17, 15) is 4.79 Å². The van der Waals surface area contributed by atoms with E-state index in [4.69, 9.17) is 9.15 Å². The van der Waals surface area contributed by atoms with Crippen molar-refractivity contribution in [1.82, 2.24) is 4.90 Å². The number of hydrogen-bond donors (Lipinski definition) is 0. The van der Waals surface area contributed by atoms with E-state index in [1.807, 2.05) is 43.1 Å². The monoisotopic (exact) mass is 261 g/mol. The Morgan fingerprint density at radius 1 is 1.37 bits per heavy atom. The number of benzene rings is 1. The molecule has 0 fully saturated rings. The number of ether oxygens (including phenoxy) is 1. The van der Waals surface area contributed by atoms with Crippen molar-refractivity contribution in [3.63, 3.8) is 0 Å². The minimum Gasteiger partial charge on any atom is -0.453 e. The third-order valence-corrected chi connectivity index (χ3v) is 2.94. The molecule has 0 bridgehead atoms. The highest BCUT2D eigenvalue weighted by Gasteiger charge is 2.14. The fraction of sp³-hybridized carbons (Fsp3) is 0.400. The van der Waals surface area contributed by atoms with Crippen LogP contribution < -0.4 is 0 Å². The predicted octanol–water partition coefficient (Wildman–Crippen LogP) is 2.58. The molecular weight excluding hydrogens is 242 g/mol. The molecule has 0 saturated carbocycles. The van der Waals surface area contributed by atoms with Crippen LogP contribution >= 0.6 is 0 Å². The molecule has 1 heterocycles. The molecule has 1 aromatic carbocycles. The third kappa shape index (κ3) is 3.66. The molecule has 4 heteroatoms. The second kappa shape index (κ2) is 6.50. The summed E-state index contributed by atoms with van der Waals surface area (Å²) in [5.41, 5.74) is 0.753. The maximum Gasteiger partial charge on any atom is 0.211 e. The molecule has 0 aliphatic carbocycles. The molecule has 19 heavy (non-hydrogen) atoms. The lowest BCUT2D eigenvalue weighted by atomic mass is 10.2. The molecule has 0 aliphatic heterocycles. The van der Waals surface area contributed by atoms with E-state index >= 15 is 0 Å². The number of carbonyl (C=O) groups is 1. The van der Waals surface area contributed by atoms with Crippen LogP contribution in [0.3, 0.4) is 0 Å². The molecular formula is C15H19NO3. The van der Waals surface area contributed by atoms with Crippen LogP contribution in [0.15, 0.2) is 34.7 Å². The van der Waals surface area contributed by atoms with Gasteiger partial charge in [-0.3, -0.25) is 9.69 Å². The van der Waals surface area contributed by atoms with Gasteiger partial charge < -0.3 is 9.15 Å². The Hall–Kier alpha value is -1.65. The zero-order valence-electron chi connectivity index (χ0n) is 11.4. The van der Waals surface area contributed by atoms with Crippen LogP contribution in [0.2, 0.25) is 0 Å². The quantitative estimate of drug-likeness (QED) is 0.567. The van der Waals surface area contributed by atoms with Gasteiger partial charge in [-0.2, -0.15) is 0 Å². The lowest BCUT2D eigenvalue weighted by Gasteiger charge is -2.14. The molecule has 0 spiro atoms. The maximum absolute atomic E-state index is 12.1. The summed E-state index contributed by atoms with van der Waals surface area (Å²) in [4.78, 5) is 14.0. The highest BCUT2D eigenvalue weighted by Crippen LogP contribution is 2.19. The van der Waals surface area contributed by atoms with Gasteiger partial charge in [-0.25, -0.2) is 0 Å². The summed E-state index contributed by atoms with van der Waals surface area (Å²) in [7, 11) is 1.90. The van der Waals surface area contributed by atoms with E-state index in [2.05, 4.69) is 0 Å². The first kappa shape index (κ1) is 13.8. The SMILES string of the molecule is CCOCCN(C)CC(=O)c1cc2ccccc2o1. The van der Waals surface area contributed by atoms with Crippen molar-refractivity contribution in [2.24, 2.45) is 0 Å². The first-order valence-corrected chi connectivity index (χ1v) is 6.48. The van der Waals surface area contributed by atoms with E-state index in [-0.39, 0.29) is 5.78 Å². The Kier molecular flexibility index (Phi) is 4.71. The number of carbonyl (C=O) groups excluding carboxylic acids is 1. The van der Waals surface area contributed by atoms with Gasteiger partial charge in [0.05, 0.1) is 13.2 Å². The van der Waals surface area contributed by atoms with Crippen LogP contribution in [0, 0.1) is 0 Å². The number of ketones is 1. The summed E-state index contributed by atoms with van der Waals surface area (Å²) in [6.45, 7) is 4.37. The Balaban J connectivity index is 1.95. The van der Waals surface area contributed by atoms with Crippen LogP contribution in [0.1, 0.15) is 17.5 Å². The molecule has 0 unspecified atom stereocenters. The predicted molar refractivity (Wildman–Crippen MR) is 74.5 cm³/mol. The van der Waals surface area contributed by atoms with Crippen molar-refractivity contribution in [2.45, 2.75) is 6.92 Å². The second-order valence-electron chi connectivity index (χ2n) is 4.51. The molecule has 1 aromatic heterocycles. The van der Waals surface area contributed by atoms with Crippen LogP contribution in [-0.4, -0.2) is 44.0 Å². The van der Waals surface area contributed by atoms with Gasteiger partial charge in [0, 0.05) is 18.5 Å². The van der Waals surface area contributed by atoms with Crippen LogP contribution in [0.4, 0.5) is 0 Å². The zero-order valence-corrected chi connectivity index (χ0v) is 11.4. The third-order valence-electron chi connectivity index (χ3n) is 2.94. The molecule has 0 N–H and O–H groups in total. The topological polar surface area (TPSA) is 42.7 Å². The van der Waals surface area contributed by atoms with Crippen molar-refractivity contribution in [1.29, 1.82) is 0 Å². The van der Waals surface area contributed by atoms with Crippen LogP contribution in [0.25, 0.3) is 11.0 Å². The number of para-hydroxylation sites is 1. The Bertz CT molecular complexity index is 514. The smallest absolute Gasteiger partial charge is 0.211 e.